The second kappa shape index (κ2) is 6.37. The van der Waals surface area contributed by atoms with Gasteiger partial charge < -0.3 is 19.7 Å². The van der Waals surface area contributed by atoms with Gasteiger partial charge in [0.1, 0.15) is 19.0 Å². The molecule has 0 aliphatic carbocycles. The van der Waals surface area contributed by atoms with Gasteiger partial charge >= 0.3 is 0 Å². The van der Waals surface area contributed by atoms with E-state index in [1.54, 1.807) is 0 Å². The molecule has 3 heterocycles. The molecule has 0 spiro atoms. The van der Waals surface area contributed by atoms with Gasteiger partial charge in [-0.1, -0.05) is 12.1 Å². The second-order valence-electron chi connectivity index (χ2n) is 6.57. The van der Waals surface area contributed by atoms with Crippen LogP contribution in [0, 0.1) is 0 Å². The third-order valence-corrected chi connectivity index (χ3v) is 4.79. The molecule has 26 heavy (non-hydrogen) atoms. The van der Waals surface area contributed by atoms with Gasteiger partial charge in [0.2, 0.25) is 5.95 Å². The zero-order valence-electron chi connectivity index (χ0n) is 14.4. The minimum atomic E-state index is 0.571. The quantitative estimate of drug-likeness (QED) is 0.778. The molecule has 6 heteroatoms. The van der Waals surface area contributed by atoms with Crippen molar-refractivity contribution in [1.29, 1.82) is 0 Å². The summed E-state index contributed by atoms with van der Waals surface area (Å²) in [5.74, 6) is 3.14. The number of para-hydroxylation sites is 1. The average molecular weight is 348 g/mol. The van der Waals surface area contributed by atoms with E-state index in [1.165, 1.54) is 12.8 Å². The smallest absolute Gasteiger partial charge is 0.229 e. The van der Waals surface area contributed by atoms with E-state index >= 15 is 0 Å². The lowest BCUT2D eigenvalue weighted by Gasteiger charge is -2.20. The Hall–Kier alpha value is -3.02. The molecule has 0 atom stereocenters. The predicted molar refractivity (Wildman–Crippen MR) is 102 cm³/mol. The maximum atomic E-state index is 5.66. The van der Waals surface area contributed by atoms with Crippen LogP contribution in [0.1, 0.15) is 12.8 Å². The van der Waals surface area contributed by atoms with Crippen LogP contribution in [0.2, 0.25) is 0 Å². The van der Waals surface area contributed by atoms with Crippen LogP contribution in [0.4, 0.5) is 17.5 Å². The van der Waals surface area contributed by atoms with Crippen molar-refractivity contribution >= 4 is 28.4 Å². The molecule has 1 N–H and O–H groups in total. The summed E-state index contributed by atoms with van der Waals surface area (Å²) in [5, 5.41) is 4.42. The minimum absolute atomic E-state index is 0.571. The maximum absolute atomic E-state index is 5.66. The summed E-state index contributed by atoms with van der Waals surface area (Å²) >= 11 is 0. The molecule has 132 valence electrons. The Balaban J connectivity index is 1.52. The van der Waals surface area contributed by atoms with Crippen LogP contribution < -0.4 is 19.7 Å². The van der Waals surface area contributed by atoms with Crippen molar-refractivity contribution in [1.82, 2.24) is 9.97 Å². The largest absolute Gasteiger partial charge is 0.486 e. The summed E-state index contributed by atoms with van der Waals surface area (Å²) in [6.07, 6.45) is 2.42. The number of nitrogens with one attached hydrogen (secondary N) is 1. The molecule has 1 fully saturated rings. The molecule has 1 saturated heterocycles. The van der Waals surface area contributed by atoms with Gasteiger partial charge in [0.05, 0.1) is 5.52 Å². The molecule has 2 aliphatic heterocycles. The van der Waals surface area contributed by atoms with E-state index in [4.69, 9.17) is 19.4 Å². The number of aromatic nitrogens is 2. The van der Waals surface area contributed by atoms with E-state index in [9.17, 15) is 0 Å². The van der Waals surface area contributed by atoms with Crippen LogP contribution in [-0.2, 0) is 0 Å². The van der Waals surface area contributed by atoms with Crippen molar-refractivity contribution in [2.45, 2.75) is 12.8 Å². The second-order valence-corrected chi connectivity index (χ2v) is 6.57. The molecule has 6 nitrogen and oxygen atoms in total. The Kier molecular flexibility index (Phi) is 3.74. The minimum Gasteiger partial charge on any atom is -0.486 e. The first-order valence-corrected chi connectivity index (χ1v) is 9.05. The molecule has 3 aromatic rings. The Bertz CT molecular complexity index is 954. The normalized spacial score (nSPS) is 16.1. The molecule has 0 amide bonds. The number of hydrogen-bond donors (Lipinski definition) is 1. The lowest BCUT2D eigenvalue weighted by molar-refractivity contribution is 0.171. The topological polar surface area (TPSA) is 59.5 Å². The molecular weight excluding hydrogens is 328 g/mol. The molecule has 0 unspecified atom stereocenters. The molecular formula is C20H20N4O2. The van der Waals surface area contributed by atoms with Gasteiger partial charge in [-0.2, -0.15) is 4.98 Å². The van der Waals surface area contributed by atoms with Gasteiger partial charge in [0, 0.05) is 30.2 Å². The SMILES string of the molecule is c1ccc2c(N3CCCC3)nc(Nc3ccc4c(c3)OCCO4)nc2c1. The molecule has 0 saturated carbocycles. The number of benzene rings is 2. The van der Waals surface area contributed by atoms with Crippen molar-refractivity contribution < 1.29 is 9.47 Å². The zero-order valence-corrected chi connectivity index (χ0v) is 14.4. The fraction of sp³-hybridized carbons (Fsp3) is 0.300. The summed E-state index contributed by atoms with van der Waals surface area (Å²) in [6, 6.07) is 14.0. The molecule has 2 aliphatic rings. The van der Waals surface area contributed by atoms with Gasteiger partial charge in [0.15, 0.2) is 11.5 Å². The average Bonchev–Trinajstić information content (AvgIpc) is 3.22. The molecule has 0 radical (unpaired) electrons. The third kappa shape index (κ3) is 2.77. The van der Waals surface area contributed by atoms with Crippen molar-refractivity contribution in [3.63, 3.8) is 0 Å². The first-order valence-electron chi connectivity index (χ1n) is 9.05. The van der Waals surface area contributed by atoms with E-state index in [0.717, 1.165) is 47.0 Å². The number of nitrogens with zero attached hydrogens (tertiary/aromatic N) is 3. The monoisotopic (exact) mass is 348 g/mol. The number of fused-ring (bicyclic) bond motifs is 2. The van der Waals surface area contributed by atoms with Crippen molar-refractivity contribution in [3.05, 3.63) is 42.5 Å². The van der Waals surface area contributed by atoms with Crippen LogP contribution >= 0.6 is 0 Å². The summed E-state index contributed by atoms with van der Waals surface area (Å²) < 4.78 is 11.2. The predicted octanol–water partition coefficient (Wildman–Crippen LogP) is 3.74. The number of ether oxygens (including phenoxy) is 2. The third-order valence-electron chi connectivity index (χ3n) is 4.79. The van der Waals surface area contributed by atoms with Crippen molar-refractivity contribution in [2.24, 2.45) is 0 Å². The lowest BCUT2D eigenvalue weighted by atomic mass is 10.2. The number of rotatable bonds is 3. The van der Waals surface area contributed by atoms with Gasteiger partial charge in [-0.25, -0.2) is 4.98 Å². The van der Waals surface area contributed by atoms with Gasteiger partial charge in [-0.3, -0.25) is 0 Å². The highest BCUT2D eigenvalue weighted by molar-refractivity contribution is 5.91. The highest BCUT2D eigenvalue weighted by atomic mass is 16.6. The zero-order chi connectivity index (χ0) is 17.3. The van der Waals surface area contributed by atoms with Gasteiger partial charge in [-0.15, -0.1) is 0 Å². The number of anilines is 3. The van der Waals surface area contributed by atoms with Crippen LogP contribution in [0.25, 0.3) is 10.9 Å². The standard InChI is InChI=1S/C20H20N4O2/c1-2-6-16-15(5-1)19(24-9-3-4-10-24)23-20(22-16)21-14-7-8-17-18(13-14)26-12-11-25-17/h1-2,5-8,13H,3-4,9-12H2,(H,21,22,23). The highest BCUT2D eigenvalue weighted by Crippen LogP contribution is 2.34. The van der Waals surface area contributed by atoms with E-state index in [-0.39, 0.29) is 0 Å². The Morgan fingerprint density at radius 2 is 1.69 bits per heavy atom. The Labute approximate surface area is 151 Å². The van der Waals surface area contributed by atoms with Crippen molar-refractivity contribution in [3.8, 4) is 11.5 Å². The van der Waals surface area contributed by atoms with Crippen LogP contribution in [0.3, 0.4) is 0 Å². The molecule has 5 rings (SSSR count). The first-order chi connectivity index (χ1) is 12.9. The summed E-state index contributed by atoms with van der Waals surface area (Å²) in [6.45, 7) is 3.25. The van der Waals surface area contributed by atoms with Gasteiger partial charge in [0.25, 0.3) is 0 Å². The van der Waals surface area contributed by atoms with E-state index in [2.05, 4.69) is 16.3 Å². The maximum Gasteiger partial charge on any atom is 0.229 e. The van der Waals surface area contributed by atoms with Crippen LogP contribution in [-0.4, -0.2) is 36.3 Å². The van der Waals surface area contributed by atoms with E-state index < -0.39 is 0 Å². The fourth-order valence-electron chi connectivity index (χ4n) is 3.54. The Morgan fingerprint density at radius 1 is 0.885 bits per heavy atom. The lowest BCUT2D eigenvalue weighted by Crippen LogP contribution is -2.20. The molecule has 2 aromatic carbocycles. The number of hydrogen-bond acceptors (Lipinski definition) is 6. The van der Waals surface area contributed by atoms with Crippen LogP contribution in [0.15, 0.2) is 42.5 Å². The summed E-state index contributed by atoms with van der Waals surface area (Å²) in [5.41, 5.74) is 1.83. The van der Waals surface area contributed by atoms with E-state index in [0.29, 0.717) is 19.2 Å². The van der Waals surface area contributed by atoms with Crippen LogP contribution in [0.5, 0.6) is 11.5 Å². The van der Waals surface area contributed by atoms with Crippen molar-refractivity contribution in [2.75, 3.05) is 36.5 Å². The first kappa shape index (κ1) is 15.3. The summed E-state index contributed by atoms with van der Waals surface area (Å²) in [7, 11) is 0. The molecule has 1 aromatic heterocycles. The fourth-order valence-corrected chi connectivity index (χ4v) is 3.54. The summed E-state index contributed by atoms with van der Waals surface area (Å²) in [4.78, 5) is 11.9. The molecule has 0 bridgehead atoms. The highest BCUT2D eigenvalue weighted by Gasteiger charge is 2.18. The Morgan fingerprint density at radius 3 is 2.58 bits per heavy atom. The van der Waals surface area contributed by atoms with E-state index in [1.807, 2.05) is 36.4 Å². The van der Waals surface area contributed by atoms with Gasteiger partial charge in [-0.05, 0) is 37.1 Å².